The number of hydrogen-bond acceptors (Lipinski definition) is 4. The predicted molar refractivity (Wildman–Crippen MR) is 56.9 cm³/mol. The van der Waals surface area contributed by atoms with Crippen LogP contribution in [0.2, 0.25) is 0 Å². The van der Waals surface area contributed by atoms with E-state index in [1.165, 1.54) is 6.92 Å². The minimum absolute atomic E-state index is 0.250. The molecule has 0 bridgehead atoms. The lowest BCUT2D eigenvalue weighted by Crippen LogP contribution is -2.15. The largest absolute Gasteiger partial charge is 0.457 e. The molecule has 1 aromatic carbocycles. The number of ether oxygens (including phenoxy) is 1. The van der Waals surface area contributed by atoms with Gasteiger partial charge in [0.1, 0.15) is 12.7 Å². The van der Waals surface area contributed by atoms with Gasteiger partial charge in [0, 0.05) is 5.56 Å². The molecule has 4 heteroatoms. The van der Waals surface area contributed by atoms with E-state index in [9.17, 15) is 15.0 Å². The number of rotatable bonds is 2. The number of fused-ring (bicyclic) bond motifs is 1. The highest BCUT2D eigenvalue weighted by atomic mass is 16.5. The Morgan fingerprint density at radius 2 is 2.06 bits per heavy atom. The summed E-state index contributed by atoms with van der Waals surface area (Å²) in [4.78, 5) is 11.3. The van der Waals surface area contributed by atoms with Gasteiger partial charge in [0.2, 0.25) is 0 Å². The second-order valence-corrected chi connectivity index (χ2v) is 4.07. The molecule has 0 fully saturated rings. The summed E-state index contributed by atoms with van der Waals surface area (Å²) >= 11 is 0. The van der Waals surface area contributed by atoms with Crippen LogP contribution in [0.1, 0.15) is 40.1 Å². The summed E-state index contributed by atoms with van der Waals surface area (Å²) in [6, 6.07) is 3.30. The highest BCUT2D eigenvalue weighted by Gasteiger charge is 2.26. The monoisotopic (exact) mass is 222 g/mol. The lowest BCUT2D eigenvalue weighted by Gasteiger charge is -2.17. The maximum Gasteiger partial charge on any atom is 0.338 e. The molecule has 86 valence electrons. The van der Waals surface area contributed by atoms with E-state index < -0.39 is 12.2 Å². The third-order valence-electron chi connectivity index (χ3n) is 2.98. The number of aliphatic hydroxyl groups excluding tert-OH is 2. The van der Waals surface area contributed by atoms with Crippen LogP contribution in [0.15, 0.2) is 12.1 Å². The van der Waals surface area contributed by atoms with E-state index in [0.29, 0.717) is 11.1 Å². The van der Waals surface area contributed by atoms with E-state index in [-0.39, 0.29) is 12.6 Å². The molecule has 0 spiro atoms. The number of benzene rings is 1. The van der Waals surface area contributed by atoms with Gasteiger partial charge in [-0.05, 0) is 31.0 Å². The lowest BCUT2D eigenvalue weighted by atomic mass is 9.94. The van der Waals surface area contributed by atoms with E-state index in [4.69, 9.17) is 4.74 Å². The standard InChI is InChI=1S/C12H14O4/c1-6-8(11(14)7(2)13)3-4-9-10(6)5-16-12(9)15/h3-4,7,11,13-14H,5H2,1-2H3. The molecule has 2 N–H and O–H groups in total. The summed E-state index contributed by atoms with van der Waals surface area (Å²) in [6.07, 6.45) is -1.77. The van der Waals surface area contributed by atoms with Crippen LogP contribution < -0.4 is 0 Å². The molecule has 1 aromatic rings. The van der Waals surface area contributed by atoms with Crippen LogP contribution in [0.3, 0.4) is 0 Å². The van der Waals surface area contributed by atoms with Crippen molar-refractivity contribution in [2.45, 2.75) is 32.7 Å². The van der Waals surface area contributed by atoms with Crippen LogP contribution in [-0.2, 0) is 11.3 Å². The van der Waals surface area contributed by atoms with Crippen molar-refractivity contribution in [3.05, 3.63) is 34.4 Å². The zero-order valence-corrected chi connectivity index (χ0v) is 9.23. The van der Waals surface area contributed by atoms with Gasteiger partial charge in [0.25, 0.3) is 0 Å². The second kappa shape index (κ2) is 3.88. The highest BCUT2D eigenvalue weighted by Crippen LogP contribution is 2.29. The SMILES string of the molecule is Cc1c(C(O)C(C)O)ccc2c1COC2=O. The van der Waals surface area contributed by atoms with Crippen LogP contribution in [0, 0.1) is 6.92 Å². The van der Waals surface area contributed by atoms with Crippen molar-refractivity contribution in [1.82, 2.24) is 0 Å². The Bertz CT molecular complexity index is 437. The minimum Gasteiger partial charge on any atom is -0.457 e. The number of carbonyl (C=O) groups excluding carboxylic acids is 1. The van der Waals surface area contributed by atoms with Crippen molar-refractivity contribution in [3.8, 4) is 0 Å². The van der Waals surface area contributed by atoms with Gasteiger partial charge in [0.05, 0.1) is 11.7 Å². The minimum atomic E-state index is -0.930. The Morgan fingerprint density at radius 1 is 1.38 bits per heavy atom. The average Bonchev–Trinajstić information content (AvgIpc) is 2.61. The molecule has 1 aliphatic heterocycles. The summed E-state index contributed by atoms with van der Waals surface area (Å²) in [6.45, 7) is 3.60. The van der Waals surface area contributed by atoms with Gasteiger partial charge in [-0.3, -0.25) is 0 Å². The van der Waals surface area contributed by atoms with Gasteiger partial charge < -0.3 is 14.9 Å². The summed E-state index contributed by atoms with van der Waals surface area (Å²) in [5.41, 5.74) is 2.82. The van der Waals surface area contributed by atoms with Crippen LogP contribution in [0.5, 0.6) is 0 Å². The van der Waals surface area contributed by atoms with Crippen molar-refractivity contribution >= 4 is 5.97 Å². The van der Waals surface area contributed by atoms with Crippen molar-refractivity contribution in [2.75, 3.05) is 0 Å². The van der Waals surface area contributed by atoms with Crippen molar-refractivity contribution in [3.63, 3.8) is 0 Å². The Kier molecular flexibility index (Phi) is 2.69. The molecule has 4 nitrogen and oxygen atoms in total. The fourth-order valence-corrected chi connectivity index (χ4v) is 1.95. The first-order chi connectivity index (χ1) is 7.52. The predicted octanol–water partition coefficient (Wildman–Crippen LogP) is 1.08. The molecular formula is C12H14O4. The molecule has 0 aromatic heterocycles. The first-order valence-electron chi connectivity index (χ1n) is 5.18. The average molecular weight is 222 g/mol. The molecule has 1 aliphatic rings. The van der Waals surface area contributed by atoms with E-state index in [1.54, 1.807) is 12.1 Å². The third-order valence-corrected chi connectivity index (χ3v) is 2.98. The van der Waals surface area contributed by atoms with E-state index in [1.807, 2.05) is 6.92 Å². The summed E-state index contributed by atoms with van der Waals surface area (Å²) < 4.78 is 4.92. The summed E-state index contributed by atoms with van der Waals surface area (Å²) in [7, 11) is 0. The third kappa shape index (κ3) is 1.60. The number of aliphatic hydroxyl groups is 2. The quantitative estimate of drug-likeness (QED) is 0.735. The molecular weight excluding hydrogens is 208 g/mol. The summed E-state index contributed by atoms with van der Waals surface area (Å²) in [5, 5.41) is 19.2. The summed E-state index contributed by atoms with van der Waals surface area (Å²) in [5.74, 6) is -0.323. The van der Waals surface area contributed by atoms with Crippen LogP contribution in [0.25, 0.3) is 0 Å². The molecule has 0 radical (unpaired) electrons. The lowest BCUT2D eigenvalue weighted by molar-refractivity contribution is 0.0300. The second-order valence-electron chi connectivity index (χ2n) is 4.07. The topological polar surface area (TPSA) is 66.8 Å². The molecule has 2 rings (SSSR count). The molecule has 0 aliphatic carbocycles. The smallest absolute Gasteiger partial charge is 0.338 e. The van der Waals surface area contributed by atoms with Crippen molar-refractivity contribution in [2.24, 2.45) is 0 Å². The number of cyclic esters (lactones) is 1. The van der Waals surface area contributed by atoms with Crippen LogP contribution >= 0.6 is 0 Å². The maximum atomic E-state index is 11.3. The molecule has 0 amide bonds. The molecule has 2 atom stereocenters. The van der Waals surface area contributed by atoms with Gasteiger partial charge in [-0.2, -0.15) is 0 Å². The fourth-order valence-electron chi connectivity index (χ4n) is 1.95. The van der Waals surface area contributed by atoms with Crippen molar-refractivity contribution in [1.29, 1.82) is 0 Å². The fraction of sp³-hybridized carbons (Fsp3) is 0.417. The van der Waals surface area contributed by atoms with Gasteiger partial charge >= 0.3 is 5.97 Å². The number of carbonyl (C=O) groups is 1. The van der Waals surface area contributed by atoms with Gasteiger partial charge in [0.15, 0.2) is 0 Å². The van der Waals surface area contributed by atoms with Gasteiger partial charge in [-0.25, -0.2) is 4.79 Å². The van der Waals surface area contributed by atoms with Gasteiger partial charge in [-0.1, -0.05) is 6.07 Å². The highest BCUT2D eigenvalue weighted by molar-refractivity contribution is 5.93. The Labute approximate surface area is 93.5 Å². The first-order valence-corrected chi connectivity index (χ1v) is 5.18. The van der Waals surface area contributed by atoms with Crippen LogP contribution in [0.4, 0.5) is 0 Å². The first kappa shape index (κ1) is 11.1. The van der Waals surface area contributed by atoms with Crippen LogP contribution in [-0.4, -0.2) is 22.3 Å². The molecule has 0 saturated heterocycles. The van der Waals surface area contributed by atoms with E-state index in [0.717, 1.165) is 11.1 Å². The number of esters is 1. The van der Waals surface area contributed by atoms with E-state index in [2.05, 4.69) is 0 Å². The van der Waals surface area contributed by atoms with Crippen molar-refractivity contribution < 1.29 is 19.7 Å². The van der Waals surface area contributed by atoms with Gasteiger partial charge in [-0.15, -0.1) is 0 Å². The molecule has 0 saturated carbocycles. The molecule has 1 heterocycles. The number of hydrogen-bond donors (Lipinski definition) is 2. The molecule has 16 heavy (non-hydrogen) atoms. The Hall–Kier alpha value is -1.39. The maximum absolute atomic E-state index is 11.3. The zero-order chi connectivity index (χ0) is 11.9. The Morgan fingerprint density at radius 3 is 2.69 bits per heavy atom. The zero-order valence-electron chi connectivity index (χ0n) is 9.23. The Balaban J connectivity index is 2.48. The molecule has 2 unspecified atom stereocenters. The van der Waals surface area contributed by atoms with E-state index >= 15 is 0 Å². The normalized spacial score (nSPS) is 17.9.